The van der Waals surface area contributed by atoms with Crippen molar-refractivity contribution in [3.63, 3.8) is 0 Å². The lowest BCUT2D eigenvalue weighted by Gasteiger charge is -2.13. The van der Waals surface area contributed by atoms with Crippen LogP contribution in [0.2, 0.25) is 0 Å². The smallest absolute Gasteiger partial charge is 0.0831 e. The Bertz CT molecular complexity index is 594. The molecule has 2 rings (SSSR count). The summed E-state index contributed by atoms with van der Waals surface area (Å²) in [6.07, 6.45) is 0. The molecule has 5 nitrogen and oxygen atoms in total. The largest absolute Gasteiger partial charge is 0.310 e. The second kappa shape index (κ2) is 5.79. The molecule has 0 saturated heterocycles. The molecule has 0 radical (unpaired) electrons. The van der Waals surface area contributed by atoms with Crippen molar-refractivity contribution < 1.29 is 0 Å². The van der Waals surface area contributed by atoms with E-state index in [-0.39, 0.29) is 0 Å². The molecule has 1 N–H and O–H groups in total. The van der Waals surface area contributed by atoms with E-state index in [1.54, 1.807) is 0 Å². The number of aromatic nitrogens is 4. The molecule has 2 aromatic heterocycles. The number of nitrogens with zero attached hydrogens (tertiary/aromatic N) is 4. The van der Waals surface area contributed by atoms with Crippen molar-refractivity contribution in [3.8, 4) is 0 Å². The molecule has 110 valence electrons. The van der Waals surface area contributed by atoms with E-state index in [0.29, 0.717) is 6.04 Å². The SMILES string of the molecule is CCNC(C)c1c(C)nn(Cc2cc(C)nn2C)c1C. The second-order valence-electron chi connectivity index (χ2n) is 5.42. The Morgan fingerprint density at radius 2 is 1.95 bits per heavy atom. The number of rotatable bonds is 5. The summed E-state index contributed by atoms with van der Waals surface area (Å²) in [5, 5.41) is 12.6. The molecule has 0 aromatic carbocycles. The molecule has 0 aliphatic rings. The number of hydrogen-bond acceptors (Lipinski definition) is 3. The maximum atomic E-state index is 4.69. The summed E-state index contributed by atoms with van der Waals surface area (Å²) in [7, 11) is 1.98. The summed E-state index contributed by atoms with van der Waals surface area (Å²) in [6.45, 7) is 12.3. The van der Waals surface area contributed by atoms with Crippen molar-refractivity contribution in [2.75, 3.05) is 6.54 Å². The Morgan fingerprint density at radius 1 is 1.25 bits per heavy atom. The molecule has 0 aliphatic carbocycles. The van der Waals surface area contributed by atoms with Crippen molar-refractivity contribution in [1.29, 1.82) is 0 Å². The van der Waals surface area contributed by atoms with E-state index in [1.807, 2.05) is 18.7 Å². The summed E-state index contributed by atoms with van der Waals surface area (Å²) in [4.78, 5) is 0. The van der Waals surface area contributed by atoms with Crippen LogP contribution < -0.4 is 5.32 Å². The van der Waals surface area contributed by atoms with Crippen LogP contribution in [0.15, 0.2) is 6.07 Å². The minimum atomic E-state index is 0.335. The standard InChI is InChI=1S/C15H25N5/c1-7-16-11(3)15-12(4)18-20(13(15)5)9-14-8-10(2)17-19(14)6/h8,11,16H,7,9H2,1-6H3. The molecule has 0 aliphatic heterocycles. The van der Waals surface area contributed by atoms with Gasteiger partial charge in [0.2, 0.25) is 0 Å². The second-order valence-corrected chi connectivity index (χ2v) is 5.42. The molecule has 0 bridgehead atoms. The summed E-state index contributed by atoms with van der Waals surface area (Å²) in [5.74, 6) is 0. The van der Waals surface area contributed by atoms with Crippen molar-refractivity contribution in [2.24, 2.45) is 7.05 Å². The third-order valence-electron chi connectivity index (χ3n) is 3.79. The van der Waals surface area contributed by atoms with Gasteiger partial charge in [-0.1, -0.05) is 6.92 Å². The van der Waals surface area contributed by atoms with Gasteiger partial charge in [-0.15, -0.1) is 0 Å². The van der Waals surface area contributed by atoms with Crippen molar-refractivity contribution in [2.45, 2.75) is 47.2 Å². The predicted molar refractivity (Wildman–Crippen MR) is 80.8 cm³/mol. The van der Waals surface area contributed by atoms with Crippen molar-refractivity contribution in [3.05, 3.63) is 34.4 Å². The fourth-order valence-corrected chi connectivity index (χ4v) is 2.87. The van der Waals surface area contributed by atoms with Gasteiger partial charge < -0.3 is 5.32 Å². The molecule has 20 heavy (non-hydrogen) atoms. The molecular formula is C15H25N5. The number of aryl methyl sites for hydroxylation is 3. The monoisotopic (exact) mass is 275 g/mol. The minimum Gasteiger partial charge on any atom is -0.310 e. The van der Waals surface area contributed by atoms with Crippen LogP contribution in [0, 0.1) is 20.8 Å². The third kappa shape index (κ3) is 2.77. The Kier molecular flexibility index (Phi) is 4.28. The molecule has 2 aromatic rings. The summed E-state index contributed by atoms with van der Waals surface area (Å²) >= 11 is 0. The first kappa shape index (κ1) is 14.8. The van der Waals surface area contributed by atoms with E-state index in [9.17, 15) is 0 Å². The number of hydrogen-bond donors (Lipinski definition) is 1. The lowest BCUT2D eigenvalue weighted by Crippen LogP contribution is -2.19. The topological polar surface area (TPSA) is 47.7 Å². The lowest BCUT2D eigenvalue weighted by molar-refractivity contribution is 0.583. The highest BCUT2D eigenvalue weighted by Crippen LogP contribution is 2.22. The van der Waals surface area contributed by atoms with E-state index in [2.05, 4.69) is 48.9 Å². The molecule has 0 saturated carbocycles. The Balaban J connectivity index is 2.30. The molecule has 1 unspecified atom stereocenters. The van der Waals surface area contributed by atoms with Gasteiger partial charge in [-0.05, 0) is 40.3 Å². The average molecular weight is 275 g/mol. The van der Waals surface area contributed by atoms with Gasteiger partial charge in [0.25, 0.3) is 0 Å². The highest BCUT2D eigenvalue weighted by atomic mass is 15.3. The van der Waals surface area contributed by atoms with E-state index in [1.165, 1.54) is 17.0 Å². The van der Waals surface area contributed by atoms with Gasteiger partial charge in [0.15, 0.2) is 0 Å². The fraction of sp³-hybridized carbons (Fsp3) is 0.600. The van der Waals surface area contributed by atoms with Crippen molar-refractivity contribution >= 4 is 0 Å². The first-order valence-corrected chi connectivity index (χ1v) is 7.20. The molecule has 5 heteroatoms. The van der Waals surface area contributed by atoms with Gasteiger partial charge in [-0.2, -0.15) is 10.2 Å². The Hall–Kier alpha value is -1.62. The van der Waals surface area contributed by atoms with E-state index in [0.717, 1.165) is 24.5 Å². The maximum absolute atomic E-state index is 4.69. The normalized spacial score (nSPS) is 12.9. The van der Waals surface area contributed by atoms with E-state index in [4.69, 9.17) is 5.10 Å². The van der Waals surface area contributed by atoms with Crippen LogP contribution in [0.1, 0.15) is 48.2 Å². The maximum Gasteiger partial charge on any atom is 0.0831 e. The van der Waals surface area contributed by atoms with Gasteiger partial charge in [-0.25, -0.2) is 0 Å². The summed E-state index contributed by atoms with van der Waals surface area (Å²) in [6, 6.07) is 2.45. The molecule has 0 fully saturated rings. The number of nitrogens with one attached hydrogen (secondary N) is 1. The molecule has 0 amide bonds. The van der Waals surface area contributed by atoms with Gasteiger partial charge in [0.05, 0.1) is 23.6 Å². The zero-order valence-electron chi connectivity index (χ0n) is 13.4. The van der Waals surface area contributed by atoms with Crippen molar-refractivity contribution in [1.82, 2.24) is 24.9 Å². The van der Waals surface area contributed by atoms with Crippen LogP contribution in [0.5, 0.6) is 0 Å². The van der Waals surface area contributed by atoms with E-state index >= 15 is 0 Å². The quantitative estimate of drug-likeness (QED) is 0.910. The highest BCUT2D eigenvalue weighted by Gasteiger charge is 2.17. The summed E-state index contributed by atoms with van der Waals surface area (Å²) in [5.41, 5.74) is 5.87. The molecule has 1 atom stereocenters. The molecular weight excluding hydrogens is 250 g/mol. The van der Waals surface area contributed by atoms with Crippen LogP contribution in [0.3, 0.4) is 0 Å². The zero-order valence-corrected chi connectivity index (χ0v) is 13.4. The molecule has 2 heterocycles. The van der Waals surface area contributed by atoms with Crippen LogP contribution in [0.4, 0.5) is 0 Å². The zero-order chi connectivity index (χ0) is 14.9. The predicted octanol–water partition coefficient (Wildman–Crippen LogP) is 2.26. The molecule has 0 spiro atoms. The van der Waals surface area contributed by atoms with Gasteiger partial charge in [-0.3, -0.25) is 9.36 Å². The first-order valence-electron chi connectivity index (χ1n) is 7.20. The van der Waals surface area contributed by atoms with Gasteiger partial charge in [0.1, 0.15) is 0 Å². The van der Waals surface area contributed by atoms with Crippen LogP contribution in [-0.4, -0.2) is 26.1 Å². The van der Waals surface area contributed by atoms with Crippen LogP contribution in [0.25, 0.3) is 0 Å². The lowest BCUT2D eigenvalue weighted by atomic mass is 10.1. The summed E-state index contributed by atoms with van der Waals surface area (Å²) < 4.78 is 4.01. The van der Waals surface area contributed by atoms with E-state index < -0.39 is 0 Å². The third-order valence-corrected chi connectivity index (χ3v) is 3.79. The van der Waals surface area contributed by atoms with Crippen LogP contribution >= 0.6 is 0 Å². The Morgan fingerprint density at radius 3 is 2.50 bits per heavy atom. The van der Waals surface area contributed by atoms with Gasteiger partial charge in [0, 0.05) is 24.3 Å². The average Bonchev–Trinajstić information content (AvgIpc) is 2.81. The fourth-order valence-electron chi connectivity index (χ4n) is 2.87. The van der Waals surface area contributed by atoms with Gasteiger partial charge >= 0.3 is 0 Å². The Labute approximate surface area is 121 Å². The first-order chi connectivity index (χ1) is 9.43. The minimum absolute atomic E-state index is 0.335. The van der Waals surface area contributed by atoms with Crippen LogP contribution in [-0.2, 0) is 13.6 Å². The highest BCUT2D eigenvalue weighted by molar-refractivity contribution is 5.28.